The van der Waals surface area contributed by atoms with Crippen LogP contribution in [0.5, 0.6) is 5.75 Å². The van der Waals surface area contributed by atoms with Crippen LogP contribution in [0.4, 0.5) is 17.3 Å². The van der Waals surface area contributed by atoms with Crippen molar-refractivity contribution in [3.05, 3.63) is 71.0 Å². The molecule has 2 aromatic carbocycles. The van der Waals surface area contributed by atoms with Gasteiger partial charge in [0.05, 0.1) is 12.7 Å². The van der Waals surface area contributed by atoms with E-state index in [1.165, 1.54) is 12.4 Å². The molecule has 1 aromatic heterocycles. The topological polar surface area (TPSA) is 76.1 Å². The van der Waals surface area contributed by atoms with Crippen LogP contribution in [-0.4, -0.2) is 23.0 Å². The molecule has 0 aliphatic heterocycles. The predicted molar refractivity (Wildman–Crippen MR) is 100 cm³/mol. The van der Waals surface area contributed by atoms with Crippen molar-refractivity contribution in [2.45, 2.75) is 0 Å². The van der Waals surface area contributed by atoms with E-state index in [0.717, 1.165) is 10.2 Å². The first-order chi connectivity index (χ1) is 12.1. The lowest BCUT2D eigenvalue weighted by molar-refractivity contribution is 0.102. The predicted octanol–water partition coefficient (Wildman–Crippen LogP) is 4.24. The molecule has 1 heterocycles. The molecule has 0 spiro atoms. The van der Waals surface area contributed by atoms with Gasteiger partial charge in [-0.05, 0) is 30.3 Å². The number of halogens is 1. The van der Waals surface area contributed by atoms with Crippen LogP contribution in [0.3, 0.4) is 0 Å². The number of benzene rings is 2. The third-order valence-electron chi connectivity index (χ3n) is 3.32. The Morgan fingerprint density at radius 2 is 1.76 bits per heavy atom. The maximum Gasteiger partial charge on any atom is 0.258 e. The average Bonchev–Trinajstić information content (AvgIpc) is 2.62. The first kappa shape index (κ1) is 16.9. The van der Waals surface area contributed by atoms with E-state index in [-0.39, 0.29) is 5.91 Å². The van der Waals surface area contributed by atoms with Crippen LogP contribution in [0.1, 0.15) is 10.4 Å². The number of ether oxygens (including phenoxy) is 1. The fraction of sp³-hybridized carbons (Fsp3) is 0.0556. The largest absolute Gasteiger partial charge is 0.497 e. The van der Waals surface area contributed by atoms with Crippen molar-refractivity contribution in [3.63, 3.8) is 0 Å². The summed E-state index contributed by atoms with van der Waals surface area (Å²) in [6, 6.07) is 14.8. The smallest absolute Gasteiger partial charge is 0.258 e. The van der Waals surface area contributed by atoms with Gasteiger partial charge in [-0.15, -0.1) is 0 Å². The number of rotatable bonds is 5. The van der Waals surface area contributed by atoms with Gasteiger partial charge in [0.15, 0.2) is 0 Å². The van der Waals surface area contributed by atoms with Gasteiger partial charge in [0, 0.05) is 34.3 Å². The maximum absolute atomic E-state index is 12.3. The number of hydrogen-bond donors (Lipinski definition) is 2. The van der Waals surface area contributed by atoms with Crippen LogP contribution < -0.4 is 15.4 Å². The summed E-state index contributed by atoms with van der Waals surface area (Å²) < 4.78 is 6.09. The number of nitrogens with one attached hydrogen (secondary N) is 2. The lowest BCUT2D eigenvalue weighted by Crippen LogP contribution is -2.13. The molecule has 0 atom stereocenters. The highest BCUT2D eigenvalue weighted by Gasteiger charge is 2.08. The summed E-state index contributed by atoms with van der Waals surface area (Å²) in [7, 11) is 1.58. The zero-order valence-corrected chi connectivity index (χ0v) is 14.9. The highest BCUT2D eigenvalue weighted by atomic mass is 79.9. The van der Waals surface area contributed by atoms with E-state index >= 15 is 0 Å². The molecular weight excluding hydrogens is 384 g/mol. The van der Waals surface area contributed by atoms with Gasteiger partial charge >= 0.3 is 0 Å². The monoisotopic (exact) mass is 398 g/mol. The minimum Gasteiger partial charge on any atom is -0.497 e. The Morgan fingerprint density at radius 3 is 2.48 bits per heavy atom. The van der Waals surface area contributed by atoms with Gasteiger partial charge in [0.1, 0.15) is 5.75 Å². The number of methoxy groups -OCH3 is 1. The number of carbonyl (C=O) groups is 1. The first-order valence-electron chi connectivity index (χ1n) is 7.44. The molecule has 0 radical (unpaired) electrons. The number of nitrogens with zero attached hydrogens (tertiary/aromatic N) is 2. The number of carbonyl (C=O) groups excluding carboxylic acids is 1. The van der Waals surface area contributed by atoms with Gasteiger partial charge in [-0.2, -0.15) is 0 Å². The number of aromatic nitrogens is 2. The third kappa shape index (κ3) is 4.54. The Bertz CT molecular complexity index is 884. The summed E-state index contributed by atoms with van der Waals surface area (Å²) in [4.78, 5) is 20.6. The van der Waals surface area contributed by atoms with Crippen molar-refractivity contribution in [2.24, 2.45) is 0 Å². The highest BCUT2D eigenvalue weighted by Crippen LogP contribution is 2.19. The Balaban J connectivity index is 1.67. The second-order valence-corrected chi connectivity index (χ2v) is 6.03. The quantitative estimate of drug-likeness (QED) is 0.671. The second kappa shape index (κ2) is 7.76. The van der Waals surface area contributed by atoms with Crippen molar-refractivity contribution < 1.29 is 9.53 Å². The van der Waals surface area contributed by atoms with Crippen LogP contribution >= 0.6 is 15.9 Å². The normalized spacial score (nSPS) is 10.2. The molecule has 0 bridgehead atoms. The number of hydrogen-bond acceptors (Lipinski definition) is 5. The zero-order valence-electron chi connectivity index (χ0n) is 13.4. The lowest BCUT2D eigenvalue weighted by atomic mass is 10.2. The van der Waals surface area contributed by atoms with Gasteiger partial charge < -0.3 is 15.4 Å². The Kier molecular flexibility index (Phi) is 5.25. The molecule has 6 nitrogen and oxygen atoms in total. The van der Waals surface area contributed by atoms with Gasteiger partial charge in [-0.25, -0.2) is 9.97 Å². The van der Waals surface area contributed by atoms with E-state index in [4.69, 9.17) is 4.74 Å². The minimum atomic E-state index is -0.290. The van der Waals surface area contributed by atoms with Gasteiger partial charge in [-0.1, -0.05) is 28.1 Å². The van der Waals surface area contributed by atoms with Crippen LogP contribution in [0.2, 0.25) is 0 Å². The van der Waals surface area contributed by atoms with Gasteiger partial charge in [0.25, 0.3) is 5.91 Å². The SMILES string of the molecule is COc1cccc(NC(=O)c2cnc(Nc3cccc(Br)c3)nc2)c1. The van der Waals surface area contributed by atoms with Crippen LogP contribution in [0.15, 0.2) is 65.4 Å². The molecule has 1 amide bonds. The molecule has 3 aromatic rings. The molecule has 2 N–H and O–H groups in total. The van der Waals surface area contributed by atoms with Crippen molar-refractivity contribution in [1.29, 1.82) is 0 Å². The van der Waals surface area contributed by atoms with Crippen LogP contribution in [0.25, 0.3) is 0 Å². The average molecular weight is 399 g/mol. The fourth-order valence-electron chi connectivity index (χ4n) is 2.11. The van der Waals surface area contributed by atoms with Crippen molar-refractivity contribution in [3.8, 4) is 5.75 Å². The Morgan fingerprint density at radius 1 is 1.04 bits per heavy atom. The van der Waals surface area contributed by atoms with Crippen LogP contribution in [-0.2, 0) is 0 Å². The van der Waals surface area contributed by atoms with Gasteiger partial charge in [-0.3, -0.25) is 4.79 Å². The second-order valence-electron chi connectivity index (χ2n) is 5.12. The minimum absolute atomic E-state index is 0.290. The van der Waals surface area contributed by atoms with E-state index in [9.17, 15) is 4.79 Å². The van der Waals surface area contributed by atoms with Crippen molar-refractivity contribution >= 4 is 39.2 Å². The first-order valence-corrected chi connectivity index (χ1v) is 8.23. The van der Waals surface area contributed by atoms with E-state index in [0.29, 0.717) is 22.9 Å². The lowest BCUT2D eigenvalue weighted by Gasteiger charge is -2.08. The molecule has 0 fully saturated rings. The molecule has 7 heteroatoms. The number of amides is 1. The Labute approximate surface area is 153 Å². The summed E-state index contributed by atoms with van der Waals surface area (Å²) in [5.41, 5.74) is 1.85. The fourth-order valence-corrected chi connectivity index (χ4v) is 2.51. The van der Waals surface area contributed by atoms with Crippen molar-refractivity contribution in [2.75, 3.05) is 17.7 Å². The van der Waals surface area contributed by atoms with E-state index in [2.05, 4.69) is 36.5 Å². The molecule has 126 valence electrons. The summed E-state index contributed by atoms with van der Waals surface area (Å²) in [6.07, 6.45) is 2.95. The summed E-state index contributed by atoms with van der Waals surface area (Å²) in [5.74, 6) is 0.793. The summed E-state index contributed by atoms with van der Waals surface area (Å²) in [5, 5.41) is 5.86. The molecule has 0 unspecified atom stereocenters. The van der Waals surface area contributed by atoms with Crippen molar-refractivity contribution in [1.82, 2.24) is 9.97 Å². The zero-order chi connectivity index (χ0) is 17.6. The van der Waals surface area contributed by atoms with E-state index < -0.39 is 0 Å². The molecular formula is C18H15BrN4O2. The van der Waals surface area contributed by atoms with Crippen LogP contribution in [0, 0.1) is 0 Å². The Hall–Kier alpha value is -2.93. The van der Waals surface area contributed by atoms with E-state index in [1.807, 2.05) is 24.3 Å². The van der Waals surface area contributed by atoms with Gasteiger partial charge in [0.2, 0.25) is 5.95 Å². The highest BCUT2D eigenvalue weighted by molar-refractivity contribution is 9.10. The summed E-state index contributed by atoms with van der Waals surface area (Å²) in [6.45, 7) is 0. The number of anilines is 3. The molecule has 0 saturated heterocycles. The summed E-state index contributed by atoms with van der Waals surface area (Å²) >= 11 is 3.41. The third-order valence-corrected chi connectivity index (χ3v) is 3.82. The molecule has 0 aliphatic carbocycles. The van der Waals surface area contributed by atoms with E-state index in [1.54, 1.807) is 31.4 Å². The maximum atomic E-state index is 12.3. The standard InChI is InChI=1S/C18H15BrN4O2/c1-25-16-7-3-6-15(9-16)22-17(24)12-10-20-18(21-11-12)23-14-5-2-4-13(19)8-14/h2-11H,1H3,(H,22,24)(H,20,21,23). The molecule has 25 heavy (non-hydrogen) atoms. The molecule has 3 rings (SSSR count). The molecule has 0 saturated carbocycles. The molecule has 0 aliphatic rings.